The van der Waals surface area contributed by atoms with Crippen molar-refractivity contribution in [3.8, 4) is 0 Å². The van der Waals surface area contributed by atoms with E-state index in [1.54, 1.807) is 16.4 Å². The number of ether oxygens (including phenoxy) is 1. The Balaban J connectivity index is 1.93. The highest BCUT2D eigenvalue weighted by molar-refractivity contribution is 14.1. The minimum atomic E-state index is -3.36. The molecule has 0 saturated carbocycles. The Morgan fingerprint density at radius 3 is 2.33 bits per heavy atom. The van der Waals surface area contributed by atoms with Gasteiger partial charge in [-0.05, 0) is 53.8 Å². The molecular weight excluding hydrogens is 403 g/mol. The molecule has 1 saturated heterocycles. The second-order valence-corrected chi connectivity index (χ2v) is 8.08. The van der Waals surface area contributed by atoms with E-state index in [0.717, 1.165) is 29.8 Å². The number of rotatable bonds is 6. The predicted octanol–water partition coefficient (Wildman–Crippen LogP) is 1.63. The van der Waals surface area contributed by atoms with Crippen LogP contribution in [-0.4, -0.2) is 63.6 Å². The first kappa shape index (κ1) is 17.1. The van der Waals surface area contributed by atoms with Crippen molar-refractivity contribution in [2.75, 3.05) is 45.9 Å². The van der Waals surface area contributed by atoms with E-state index in [0.29, 0.717) is 24.6 Å². The molecule has 0 amide bonds. The lowest BCUT2D eigenvalue weighted by Crippen LogP contribution is -2.49. The average Bonchev–Trinajstić information content (AvgIpc) is 2.48. The van der Waals surface area contributed by atoms with Crippen molar-refractivity contribution in [2.45, 2.75) is 11.8 Å². The van der Waals surface area contributed by atoms with Crippen LogP contribution in [0.4, 0.5) is 0 Å². The Kier molecular flexibility index (Phi) is 6.42. The molecule has 7 heteroatoms. The lowest BCUT2D eigenvalue weighted by Gasteiger charge is -2.33. The Morgan fingerprint density at radius 1 is 1.14 bits per heavy atom. The molecule has 1 heterocycles. The number of benzene rings is 1. The fraction of sp³-hybridized carbons (Fsp3) is 0.571. The lowest BCUT2D eigenvalue weighted by molar-refractivity contribution is 0.0979. The third-order valence-corrected chi connectivity index (χ3v) is 6.17. The van der Waals surface area contributed by atoms with Gasteiger partial charge in [0.1, 0.15) is 0 Å². The van der Waals surface area contributed by atoms with Crippen molar-refractivity contribution in [3.63, 3.8) is 0 Å². The molecule has 1 aromatic rings. The van der Waals surface area contributed by atoms with Gasteiger partial charge in [0.25, 0.3) is 0 Å². The smallest absolute Gasteiger partial charge is 0.243 e. The molecule has 0 atom stereocenters. The van der Waals surface area contributed by atoms with Gasteiger partial charge in [-0.25, -0.2) is 8.42 Å². The van der Waals surface area contributed by atoms with Crippen molar-refractivity contribution in [2.24, 2.45) is 0 Å². The second-order valence-electron chi connectivity index (χ2n) is 4.90. The normalized spacial score (nSPS) is 18.0. The molecule has 118 valence electrons. The summed E-state index contributed by atoms with van der Waals surface area (Å²) < 4.78 is 33.0. The molecule has 1 aliphatic rings. The van der Waals surface area contributed by atoms with Crippen LogP contribution in [0.15, 0.2) is 29.2 Å². The van der Waals surface area contributed by atoms with Crippen molar-refractivity contribution in [1.29, 1.82) is 0 Å². The van der Waals surface area contributed by atoms with Gasteiger partial charge in [0.05, 0.1) is 11.5 Å². The Labute approximate surface area is 140 Å². The van der Waals surface area contributed by atoms with Gasteiger partial charge < -0.3 is 4.74 Å². The van der Waals surface area contributed by atoms with Crippen LogP contribution >= 0.6 is 22.6 Å². The molecular formula is C14H21IN2O3S. The average molecular weight is 424 g/mol. The summed E-state index contributed by atoms with van der Waals surface area (Å²) in [6, 6.07) is 7.01. The van der Waals surface area contributed by atoms with Gasteiger partial charge in [-0.1, -0.05) is 0 Å². The van der Waals surface area contributed by atoms with Crippen molar-refractivity contribution >= 4 is 32.6 Å². The summed E-state index contributed by atoms with van der Waals surface area (Å²) >= 11 is 2.17. The van der Waals surface area contributed by atoms with Crippen molar-refractivity contribution in [3.05, 3.63) is 27.8 Å². The molecule has 1 fully saturated rings. The summed E-state index contributed by atoms with van der Waals surface area (Å²) in [4.78, 5) is 2.63. The summed E-state index contributed by atoms with van der Waals surface area (Å²) in [5, 5.41) is 0. The molecule has 0 bridgehead atoms. The molecule has 0 unspecified atom stereocenters. The first-order valence-corrected chi connectivity index (χ1v) is 9.61. The van der Waals surface area contributed by atoms with Gasteiger partial charge in [-0.15, -0.1) is 0 Å². The molecule has 0 radical (unpaired) electrons. The molecule has 0 spiro atoms. The number of hydrogen-bond donors (Lipinski definition) is 0. The Hall–Kier alpha value is -0.220. The zero-order valence-corrected chi connectivity index (χ0v) is 15.1. The zero-order valence-electron chi connectivity index (χ0n) is 12.2. The van der Waals surface area contributed by atoms with E-state index in [4.69, 9.17) is 4.74 Å². The van der Waals surface area contributed by atoms with Crippen LogP contribution in [0, 0.1) is 3.57 Å². The quantitative estimate of drug-likeness (QED) is 0.515. The highest BCUT2D eigenvalue weighted by Crippen LogP contribution is 2.18. The highest BCUT2D eigenvalue weighted by atomic mass is 127. The van der Waals surface area contributed by atoms with Gasteiger partial charge in [0, 0.05) is 42.9 Å². The van der Waals surface area contributed by atoms with E-state index in [1.807, 2.05) is 19.1 Å². The van der Waals surface area contributed by atoms with Crippen LogP contribution in [0.1, 0.15) is 6.92 Å². The molecule has 5 nitrogen and oxygen atoms in total. The molecule has 0 aromatic heterocycles. The van der Waals surface area contributed by atoms with E-state index in [1.165, 1.54) is 0 Å². The van der Waals surface area contributed by atoms with Gasteiger partial charge in [0.2, 0.25) is 10.0 Å². The molecule has 21 heavy (non-hydrogen) atoms. The fourth-order valence-corrected chi connectivity index (χ4v) is 4.07. The monoisotopic (exact) mass is 424 g/mol. The van der Waals surface area contributed by atoms with Gasteiger partial charge in [-0.3, -0.25) is 4.90 Å². The van der Waals surface area contributed by atoms with E-state index < -0.39 is 10.0 Å². The summed E-state index contributed by atoms with van der Waals surface area (Å²) in [5.74, 6) is 0. The zero-order chi connectivity index (χ0) is 15.3. The predicted molar refractivity (Wildman–Crippen MR) is 90.9 cm³/mol. The summed E-state index contributed by atoms with van der Waals surface area (Å²) in [6.07, 6.45) is 0. The van der Waals surface area contributed by atoms with E-state index in [2.05, 4.69) is 27.5 Å². The second kappa shape index (κ2) is 7.87. The maximum atomic E-state index is 12.5. The molecule has 1 aromatic carbocycles. The number of piperazine rings is 1. The molecule has 2 rings (SSSR count). The first-order chi connectivity index (χ1) is 10.0. The van der Waals surface area contributed by atoms with Crippen molar-refractivity contribution in [1.82, 2.24) is 9.21 Å². The molecule has 1 aliphatic heterocycles. The molecule has 0 N–H and O–H groups in total. The number of halogens is 1. The number of sulfonamides is 1. The summed E-state index contributed by atoms with van der Waals surface area (Å²) in [6.45, 7) is 6.88. The van der Waals surface area contributed by atoms with Crippen molar-refractivity contribution < 1.29 is 13.2 Å². The van der Waals surface area contributed by atoms with Crippen LogP contribution in [-0.2, 0) is 14.8 Å². The number of hydrogen-bond acceptors (Lipinski definition) is 4. The Morgan fingerprint density at radius 2 is 1.76 bits per heavy atom. The summed E-state index contributed by atoms with van der Waals surface area (Å²) in [7, 11) is -3.36. The van der Waals surface area contributed by atoms with Crippen LogP contribution in [0.5, 0.6) is 0 Å². The van der Waals surface area contributed by atoms with E-state index in [9.17, 15) is 8.42 Å². The van der Waals surface area contributed by atoms with E-state index in [-0.39, 0.29) is 0 Å². The fourth-order valence-electron chi connectivity index (χ4n) is 2.29. The van der Waals surface area contributed by atoms with Gasteiger partial charge >= 0.3 is 0 Å². The largest absolute Gasteiger partial charge is 0.380 e. The maximum absolute atomic E-state index is 12.5. The Bertz CT molecular complexity index is 540. The topological polar surface area (TPSA) is 49.9 Å². The summed E-state index contributed by atoms with van der Waals surface area (Å²) in [5.41, 5.74) is 0. The minimum absolute atomic E-state index is 0.380. The van der Waals surface area contributed by atoms with Crippen LogP contribution < -0.4 is 0 Å². The molecule has 0 aliphatic carbocycles. The number of nitrogens with zero attached hydrogens (tertiary/aromatic N) is 2. The van der Waals surface area contributed by atoms with Crippen LogP contribution in [0.2, 0.25) is 0 Å². The van der Waals surface area contributed by atoms with Gasteiger partial charge in [-0.2, -0.15) is 4.31 Å². The third kappa shape index (κ3) is 4.62. The van der Waals surface area contributed by atoms with E-state index >= 15 is 0 Å². The third-order valence-electron chi connectivity index (χ3n) is 3.54. The van der Waals surface area contributed by atoms with Crippen LogP contribution in [0.25, 0.3) is 0 Å². The lowest BCUT2D eigenvalue weighted by atomic mass is 10.3. The minimum Gasteiger partial charge on any atom is -0.380 e. The standard InChI is InChI=1S/C14H21IN2O3S/c1-2-20-12-11-16-7-9-17(10-8-16)21(18,19)14-5-3-13(15)4-6-14/h3-6H,2,7-12H2,1H3. The van der Waals surface area contributed by atoms with Crippen LogP contribution in [0.3, 0.4) is 0 Å². The van der Waals surface area contributed by atoms with Gasteiger partial charge in [0.15, 0.2) is 0 Å². The first-order valence-electron chi connectivity index (χ1n) is 7.10. The highest BCUT2D eigenvalue weighted by Gasteiger charge is 2.28. The SMILES string of the molecule is CCOCCN1CCN(S(=O)(=O)c2ccc(I)cc2)CC1. The maximum Gasteiger partial charge on any atom is 0.243 e.